The van der Waals surface area contributed by atoms with Crippen LogP contribution in [0.4, 0.5) is 0 Å². The topological polar surface area (TPSA) is 12.9 Å². The van der Waals surface area contributed by atoms with Crippen molar-refractivity contribution in [3.8, 4) is 0 Å². The van der Waals surface area contributed by atoms with E-state index in [9.17, 15) is 0 Å². The number of aromatic nitrogens is 1. The molecule has 0 amide bonds. The molecule has 0 N–H and O–H groups in total. The van der Waals surface area contributed by atoms with Crippen LogP contribution in [0.1, 0.15) is 5.69 Å². The molecule has 44 valence electrons. The van der Waals surface area contributed by atoms with Gasteiger partial charge in [-0.25, -0.2) is 12.1 Å². The molecule has 0 spiro atoms. The first-order valence-corrected chi connectivity index (χ1v) is 2.19. The van der Waals surface area contributed by atoms with Gasteiger partial charge in [-0.05, 0) is 6.92 Å². The molecule has 0 bridgehead atoms. The van der Waals surface area contributed by atoms with Crippen LogP contribution in [-0.2, 0) is 0 Å². The van der Waals surface area contributed by atoms with E-state index in [4.69, 9.17) is 0 Å². The van der Waals surface area contributed by atoms with E-state index in [1.165, 1.54) is 0 Å². The molecule has 0 saturated heterocycles. The van der Waals surface area contributed by atoms with Crippen LogP contribution in [-0.4, -0.2) is 28.0 Å². The Hall–Kier alpha value is 0.206. The summed E-state index contributed by atoms with van der Waals surface area (Å²) in [6, 6.07) is 6.62. The largest absolute Gasteiger partial charge is 2.00 e. The van der Waals surface area contributed by atoms with Gasteiger partial charge in [0.2, 0.25) is 0 Å². The molecule has 1 nitrogen and oxygen atoms in total. The van der Waals surface area contributed by atoms with E-state index in [0.717, 1.165) is 5.69 Å². The molecule has 0 saturated carbocycles. The molecule has 1 aromatic heterocycles. The average Bonchev–Trinajstić information content (AvgIpc) is 1.69. The van der Waals surface area contributed by atoms with E-state index < -0.39 is 0 Å². The fourth-order valence-corrected chi connectivity index (χ4v) is 0.404. The van der Waals surface area contributed by atoms with Gasteiger partial charge in [0.25, 0.3) is 0 Å². The number of pyridine rings is 1. The Morgan fingerprint density at radius 2 is 2.22 bits per heavy atom. The third-order valence-electron chi connectivity index (χ3n) is 0.743. The molecule has 9 heavy (non-hydrogen) atoms. The Balaban J connectivity index is 0. The first-order valence-electron chi connectivity index (χ1n) is 2.19. The van der Waals surface area contributed by atoms with Crippen molar-refractivity contribution in [1.82, 2.24) is 4.98 Å². The monoisotopic (exact) mass is 151 g/mol. The second-order valence-electron chi connectivity index (χ2n) is 1.37. The zero-order chi connectivity index (χ0) is 5.11. The van der Waals surface area contributed by atoms with Gasteiger partial charge in [-0.1, -0.05) is 11.9 Å². The van der Waals surface area contributed by atoms with Crippen molar-refractivity contribution in [3.63, 3.8) is 0 Å². The summed E-state index contributed by atoms with van der Waals surface area (Å²) in [6.07, 6.45) is 1.76. The van der Waals surface area contributed by atoms with Crippen LogP contribution in [0.5, 0.6) is 0 Å². The molecule has 0 radical (unpaired) electrons. The first kappa shape index (κ1) is 11.9. The van der Waals surface area contributed by atoms with Crippen molar-refractivity contribution in [2.45, 2.75) is 6.92 Å². The minimum absolute atomic E-state index is 0. The van der Waals surface area contributed by atoms with Crippen molar-refractivity contribution in [2.24, 2.45) is 0 Å². The third kappa shape index (κ3) is 4.69. The summed E-state index contributed by atoms with van der Waals surface area (Å²) >= 11 is 0. The van der Waals surface area contributed by atoms with E-state index in [1.54, 1.807) is 6.20 Å². The van der Waals surface area contributed by atoms with Crippen molar-refractivity contribution in [2.75, 3.05) is 0 Å². The quantitative estimate of drug-likeness (QED) is 0.304. The average molecular weight is 152 g/mol. The minimum atomic E-state index is 0. The van der Waals surface area contributed by atoms with Gasteiger partial charge >= 0.3 is 23.1 Å². The second-order valence-corrected chi connectivity index (χ2v) is 1.37. The van der Waals surface area contributed by atoms with Crippen molar-refractivity contribution in [1.29, 1.82) is 0 Å². The first-order chi connectivity index (χ1) is 3.39. The maximum atomic E-state index is 3.92. The Morgan fingerprint density at radius 1 is 1.56 bits per heavy atom. The van der Waals surface area contributed by atoms with Gasteiger partial charge in [-0.15, -0.1) is 0 Å². The van der Waals surface area contributed by atoms with E-state index in [1.807, 2.05) is 19.1 Å². The molecule has 0 aliphatic rings. The normalized spacial score (nSPS) is 6.78. The number of aryl methyl sites for hydroxylation is 1. The summed E-state index contributed by atoms with van der Waals surface area (Å²) in [4.78, 5) is 3.92. The summed E-state index contributed by atoms with van der Waals surface area (Å²) in [6.45, 7) is 1.92. The van der Waals surface area contributed by atoms with Crippen LogP contribution in [0.2, 0.25) is 0 Å². The summed E-state index contributed by atoms with van der Waals surface area (Å²) in [5.74, 6) is 0. The van der Waals surface area contributed by atoms with Crippen LogP contribution in [0, 0.1) is 13.0 Å². The Kier molecular flexibility index (Phi) is 8.39. The van der Waals surface area contributed by atoms with Gasteiger partial charge in [0, 0.05) is 0 Å². The molecule has 1 aromatic rings. The maximum Gasteiger partial charge on any atom is 2.00 e. The summed E-state index contributed by atoms with van der Waals surface area (Å²) in [5.41, 5.74) is 0.947. The Labute approximate surface area is 77.4 Å². The zero-order valence-electron chi connectivity index (χ0n) is 5.26. The SMILES string of the molecule is Cc1[c-]cccn1.[Cl-].[Mg+2]. The van der Waals surface area contributed by atoms with E-state index >= 15 is 0 Å². The Morgan fingerprint density at radius 3 is 2.44 bits per heavy atom. The number of hydrogen-bond acceptors (Lipinski definition) is 1. The molecular formula is C6H6ClMgN. The van der Waals surface area contributed by atoms with Gasteiger partial charge in [0.15, 0.2) is 0 Å². The van der Waals surface area contributed by atoms with Gasteiger partial charge in [0.1, 0.15) is 0 Å². The van der Waals surface area contributed by atoms with Crippen LogP contribution in [0.15, 0.2) is 18.3 Å². The standard InChI is InChI=1S/C6H6N.ClH.Mg/c1-6-4-2-3-5-7-6;;/h2-3,5H,1H3;1H;/q-1;;+2/p-1. The number of rotatable bonds is 0. The van der Waals surface area contributed by atoms with Crippen LogP contribution in [0.3, 0.4) is 0 Å². The number of nitrogens with zero attached hydrogens (tertiary/aromatic N) is 1. The molecule has 0 unspecified atom stereocenters. The predicted octanol–water partition coefficient (Wildman–Crippen LogP) is -2.19. The fourth-order valence-electron chi connectivity index (χ4n) is 0.404. The zero-order valence-corrected chi connectivity index (χ0v) is 7.43. The summed E-state index contributed by atoms with van der Waals surface area (Å²) in [5, 5.41) is 0. The van der Waals surface area contributed by atoms with Gasteiger partial charge in [-0.3, -0.25) is 0 Å². The smallest absolute Gasteiger partial charge is 1.00 e. The van der Waals surface area contributed by atoms with Gasteiger partial charge < -0.3 is 17.4 Å². The van der Waals surface area contributed by atoms with E-state index in [0.29, 0.717) is 0 Å². The molecule has 0 atom stereocenters. The molecule has 3 heteroatoms. The minimum Gasteiger partial charge on any atom is -1.00 e. The van der Waals surface area contributed by atoms with Crippen molar-refractivity contribution in [3.05, 3.63) is 30.1 Å². The maximum absolute atomic E-state index is 3.92. The molecule has 0 fully saturated rings. The van der Waals surface area contributed by atoms with Crippen LogP contribution in [0.25, 0.3) is 0 Å². The van der Waals surface area contributed by atoms with E-state index in [-0.39, 0.29) is 35.5 Å². The van der Waals surface area contributed by atoms with Crippen LogP contribution >= 0.6 is 0 Å². The summed E-state index contributed by atoms with van der Waals surface area (Å²) < 4.78 is 0. The Bertz CT molecular complexity index is 143. The molecule has 0 aliphatic carbocycles. The molecule has 0 aromatic carbocycles. The summed E-state index contributed by atoms with van der Waals surface area (Å²) in [7, 11) is 0. The molecule has 1 rings (SSSR count). The second kappa shape index (κ2) is 6.33. The number of halogens is 1. The van der Waals surface area contributed by atoms with Gasteiger partial charge in [0.05, 0.1) is 0 Å². The molecule has 0 aliphatic heterocycles. The predicted molar refractivity (Wildman–Crippen MR) is 33.6 cm³/mol. The molecular weight excluding hydrogens is 146 g/mol. The van der Waals surface area contributed by atoms with Crippen molar-refractivity contribution < 1.29 is 12.4 Å². The third-order valence-corrected chi connectivity index (χ3v) is 0.743. The fraction of sp³-hybridized carbons (Fsp3) is 0.167. The van der Waals surface area contributed by atoms with Crippen LogP contribution < -0.4 is 12.4 Å². The molecule has 1 heterocycles. The van der Waals surface area contributed by atoms with Crippen molar-refractivity contribution >= 4 is 23.1 Å². The van der Waals surface area contributed by atoms with Gasteiger partial charge in [-0.2, -0.15) is 6.07 Å². The van der Waals surface area contributed by atoms with E-state index in [2.05, 4.69) is 11.1 Å². The number of hydrogen-bond donors (Lipinski definition) is 0.